The van der Waals surface area contributed by atoms with Crippen LogP contribution in [0.2, 0.25) is 0 Å². The van der Waals surface area contributed by atoms with Crippen LogP contribution in [0.5, 0.6) is 0 Å². The predicted octanol–water partition coefficient (Wildman–Crippen LogP) is 11.2. The molecule has 8 aromatic rings. The molecule has 0 radical (unpaired) electrons. The van der Waals surface area contributed by atoms with Crippen LogP contribution in [0, 0.1) is 5.41 Å². The highest BCUT2D eigenvalue weighted by molar-refractivity contribution is 6.55. The number of rotatable bonds is 7. The number of hydrogen-bond acceptors (Lipinski definition) is 6. The Morgan fingerprint density at radius 3 is 1.47 bits per heavy atom. The van der Waals surface area contributed by atoms with Crippen LogP contribution in [-0.4, -0.2) is 26.4 Å². The fourth-order valence-electron chi connectivity index (χ4n) is 6.67. The van der Waals surface area contributed by atoms with Crippen molar-refractivity contribution in [3.05, 3.63) is 187 Å². The molecule has 0 saturated heterocycles. The van der Waals surface area contributed by atoms with Gasteiger partial charge in [-0.25, -0.2) is 15.0 Å². The Morgan fingerprint density at radius 2 is 0.906 bits per heavy atom. The molecule has 9 rings (SSSR count). The summed E-state index contributed by atoms with van der Waals surface area (Å²) in [4.78, 5) is 15.1. The van der Waals surface area contributed by atoms with E-state index in [1.54, 1.807) is 6.08 Å². The number of aromatic nitrogens is 3. The van der Waals surface area contributed by atoms with Crippen molar-refractivity contribution in [2.75, 3.05) is 5.43 Å². The highest BCUT2D eigenvalue weighted by atomic mass is 15.3. The molecule has 1 aromatic heterocycles. The largest absolute Gasteiger partial charge is 0.299 e. The smallest absolute Gasteiger partial charge is 0.164 e. The van der Waals surface area contributed by atoms with Gasteiger partial charge in [0, 0.05) is 22.3 Å². The van der Waals surface area contributed by atoms with E-state index < -0.39 is 0 Å². The second kappa shape index (κ2) is 13.8. The number of nitrogens with zero attached hydrogens (tertiary/aromatic N) is 4. The summed E-state index contributed by atoms with van der Waals surface area (Å²) in [5.41, 5.74) is 14.1. The summed E-state index contributed by atoms with van der Waals surface area (Å²) in [6.07, 6.45) is 3.77. The number of hydrogen-bond donors (Lipinski definition) is 2. The summed E-state index contributed by atoms with van der Waals surface area (Å²) in [5, 5.41) is 15.4. The van der Waals surface area contributed by atoms with Gasteiger partial charge in [-0.1, -0.05) is 158 Å². The molecule has 1 heterocycles. The number of allylic oxidation sites excluding steroid dienone is 1. The van der Waals surface area contributed by atoms with Crippen LogP contribution in [0.1, 0.15) is 11.1 Å². The number of para-hydroxylation sites is 1. The zero-order chi connectivity index (χ0) is 35.6. The number of hydrazone groups is 1. The molecule has 0 saturated carbocycles. The first-order valence-corrected chi connectivity index (χ1v) is 17.5. The first-order valence-electron chi connectivity index (χ1n) is 17.5. The summed E-state index contributed by atoms with van der Waals surface area (Å²) >= 11 is 0. The highest BCUT2D eigenvalue weighted by Gasteiger charge is 2.21. The fourth-order valence-corrected chi connectivity index (χ4v) is 6.67. The molecule has 1 aliphatic carbocycles. The van der Waals surface area contributed by atoms with Crippen LogP contribution in [0.25, 0.3) is 73.3 Å². The maximum Gasteiger partial charge on any atom is 0.164 e. The van der Waals surface area contributed by atoms with Crippen molar-refractivity contribution in [1.82, 2.24) is 15.0 Å². The van der Waals surface area contributed by atoms with E-state index >= 15 is 0 Å². The lowest BCUT2D eigenvalue weighted by molar-refractivity contribution is 1.07. The van der Waals surface area contributed by atoms with Crippen LogP contribution in [0.4, 0.5) is 5.69 Å². The molecule has 0 aliphatic heterocycles. The molecule has 0 fully saturated rings. The van der Waals surface area contributed by atoms with Gasteiger partial charge < -0.3 is 0 Å². The zero-order valence-corrected chi connectivity index (χ0v) is 28.6. The third-order valence-electron chi connectivity index (χ3n) is 9.44. The average molecular weight is 681 g/mol. The lowest BCUT2D eigenvalue weighted by Crippen LogP contribution is -2.19. The molecule has 0 bridgehead atoms. The lowest BCUT2D eigenvalue weighted by atomic mass is 9.89. The molecule has 0 amide bonds. The van der Waals surface area contributed by atoms with Crippen LogP contribution in [-0.2, 0) is 0 Å². The van der Waals surface area contributed by atoms with Crippen LogP contribution >= 0.6 is 0 Å². The predicted molar refractivity (Wildman–Crippen MR) is 218 cm³/mol. The summed E-state index contributed by atoms with van der Waals surface area (Å²) in [6, 6.07) is 57.6. The Balaban J connectivity index is 1.13. The van der Waals surface area contributed by atoms with E-state index in [2.05, 4.69) is 102 Å². The number of fused-ring (bicyclic) bond motifs is 3. The molecule has 1 aliphatic rings. The molecule has 2 N–H and O–H groups in total. The molecular formula is C47H32N6. The molecule has 53 heavy (non-hydrogen) atoms. The summed E-state index contributed by atoms with van der Waals surface area (Å²) in [5.74, 6) is 1.78. The van der Waals surface area contributed by atoms with Crippen molar-refractivity contribution in [3.8, 4) is 56.4 Å². The number of anilines is 1. The van der Waals surface area contributed by atoms with Crippen molar-refractivity contribution < 1.29 is 0 Å². The summed E-state index contributed by atoms with van der Waals surface area (Å²) in [6.45, 7) is 0. The summed E-state index contributed by atoms with van der Waals surface area (Å²) < 4.78 is 0. The third-order valence-corrected chi connectivity index (χ3v) is 9.44. The van der Waals surface area contributed by atoms with Gasteiger partial charge in [0.15, 0.2) is 17.5 Å². The van der Waals surface area contributed by atoms with E-state index in [1.165, 1.54) is 0 Å². The lowest BCUT2D eigenvalue weighted by Gasteiger charge is -2.17. The van der Waals surface area contributed by atoms with E-state index in [0.717, 1.165) is 66.5 Å². The van der Waals surface area contributed by atoms with Gasteiger partial charge in [0.1, 0.15) is 5.71 Å². The van der Waals surface area contributed by atoms with Gasteiger partial charge in [0.25, 0.3) is 0 Å². The normalized spacial score (nSPS) is 12.9. The van der Waals surface area contributed by atoms with E-state index in [4.69, 9.17) is 25.5 Å². The van der Waals surface area contributed by atoms with Gasteiger partial charge in [-0.05, 0) is 62.9 Å². The Labute approximate surface area is 307 Å². The molecule has 7 aromatic carbocycles. The van der Waals surface area contributed by atoms with Gasteiger partial charge >= 0.3 is 0 Å². The topological polar surface area (TPSA) is 86.9 Å². The van der Waals surface area contributed by atoms with Crippen molar-refractivity contribution in [3.63, 3.8) is 0 Å². The van der Waals surface area contributed by atoms with Crippen molar-refractivity contribution in [2.24, 2.45) is 5.10 Å². The van der Waals surface area contributed by atoms with E-state index in [1.807, 2.05) is 78.9 Å². The fraction of sp³-hybridized carbons (Fsp3) is 0. The third kappa shape index (κ3) is 6.41. The zero-order valence-electron chi connectivity index (χ0n) is 28.6. The second-order valence-corrected chi connectivity index (χ2v) is 12.8. The number of nitrogens with one attached hydrogen (secondary N) is 2. The summed E-state index contributed by atoms with van der Waals surface area (Å²) in [7, 11) is 0. The molecule has 6 heteroatoms. The molecule has 250 valence electrons. The minimum Gasteiger partial charge on any atom is -0.299 e. The molecule has 0 atom stereocenters. The quantitative estimate of drug-likeness (QED) is 0.164. The average Bonchev–Trinajstić information content (AvgIpc) is 3.24. The van der Waals surface area contributed by atoms with E-state index in [9.17, 15) is 0 Å². The van der Waals surface area contributed by atoms with Crippen molar-refractivity contribution >= 4 is 34.0 Å². The highest BCUT2D eigenvalue weighted by Crippen LogP contribution is 2.33. The maximum absolute atomic E-state index is 8.74. The minimum absolute atomic E-state index is 0.348. The van der Waals surface area contributed by atoms with Crippen molar-refractivity contribution in [2.45, 2.75) is 0 Å². The van der Waals surface area contributed by atoms with E-state index in [0.29, 0.717) is 28.9 Å². The van der Waals surface area contributed by atoms with Crippen LogP contribution < -0.4 is 5.43 Å². The first kappa shape index (κ1) is 31.7. The molecule has 6 nitrogen and oxygen atoms in total. The second-order valence-electron chi connectivity index (χ2n) is 12.8. The van der Waals surface area contributed by atoms with Gasteiger partial charge in [0.2, 0.25) is 0 Å². The van der Waals surface area contributed by atoms with Crippen LogP contribution in [0.3, 0.4) is 0 Å². The van der Waals surface area contributed by atoms with Gasteiger partial charge in [-0.3, -0.25) is 10.8 Å². The Hall–Kier alpha value is -7.31. The first-order chi connectivity index (χ1) is 26.2. The van der Waals surface area contributed by atoms with Crippen molar-refractivity contribution in [1.29, 1.82) is 5.41 Å². The van der Waals surface area contributed by atoms with Gasteiger partial charge in [-0.2, -0.15) is 5.10 Å². The Morgan fingerprint density at radius 1 is 0.434 bits per heavy atom. The molecular weight excluding hydrogens is 649 g/mol. The van der Waals surface area contributed by atoms with E-state index in [-0.39, 0.29) is 0 Å². The SMILES string of the molecule is N=C1C=Cc2ccc3cc(-c4nc(-c5ccc(-c6ccccc6)cc5)nc(-c5ccc(-c6ccccc6)cc5)n4)ccc3c2/C1=N/Nc1ccccc1. The molecule has 0 unspecified atom stereocenters. The number of benzene rings is 7. The van der Waals surface area contributed by atoms with Crippen LogP contribution in [0.15, 0.2) is 181 Å². The maximum atomic E-state index is 8.74. The Bertz CT molecular complexity index is 2570. The Kier molecular flexibility index (Phi) is 8.23. The van der Waals surface area contributed by atoms with Gasteiger partial charge in [0.05, 0.1) is 11.4 Å². The minimum atomic E-state index is 0.348. The standard InChI is InChI=1S/C47H32N6/c48-42-29-27-35-20-25-38-30-39(26-28-41(38)43(35)44(42)53-52-40-14-8-3-9-15-40)47-50-45(36-21-16-33(17-22-36)31-10-4-1-5-11-31)49-46(51-47)37-23-18-34(19-24-37)32-12-6-2-7-13-32/h1-30,48,52H/b48-42?,53-44+. The monoisotopic (exact) mass is 680 g/mol. The van der Waals surface area contributed by atoms with Gasteiger partial charge in [-0.15, -0.1) is 0 Å². The molecule has 0 spiro atoms.